The molecule has 2 aliphatic heterocycles. The summed E-state index contributed by atoms with van der Waals surface area (Å²) in [5.41, 5.74) is 1.98. The van der Waals surface area contributed by atoms with Crippen LogP contribution in [0, 0.1) is 17.0 Å². The Hall–Kier alpha value is -5.34. The van der Waals surface area contributed by atoms with E-state index in [4.69, 9.17) is 18.9 Å². The Labute approximate surface area is 307 Å². The van der Waals surface area contributed by atoms with Crippen LogP contribution in [0.3, 0.4) is 0 Å². The van der Waals surface area contributed by atoms with Gasteiger partial charge in [-0.2, -0.15) is 0 Å². The van der Waals surface area contributed by atoms with Crippen LogP contribution in [-0.2, 0) is 19.1 Å². The van der Waals surface area contributed by atoms with Crippen LogP contribution >= 0.6 is 0 Å². The van der Waals surface area contributed by atoms with E-state index in [9.17, 15) is 23.2 Å². The Morgan fingerprint density at radius 2 is 1.74 bits per heavy atom. The Balaban J connectivity index is 0.000000260. The average Bonchev–Trinajstić information content (AvgIpc) is 3.14. The lowest BCUT2D eigenvalue weighted by Gasteiger charge is -2.46. The number of methoxy groups -OCH3 is 1. The van der Waals surface area contributed by atoms with Gasteiger partial charge in [-0.1, -0.05) is 13.3 Å². The van der Waals surface area contributed by atoms with Gasteiger partial charge in [0, 0.05) is 73.7 Å². The fraction of sp³-hybridized carbons (Fsp3) is 0.385. The van der Waals surface area contributed by atoms with Crippen LogP contribution in [-0.4, -0.2) is 99.6 Å². The molecule has 1 aliphatic carbocycles. The lowest BCUT2D eigenvalue weighted by molar-refractivity contribution is -0.150. The van der Waals surface area contributed by atoms with Crippen LogP contribution in [0.4, 0.5) is 20.2 Å². The van der Waals surface area contributed by atoms with Crippen LogP contribution in [0.25, 0.3) is 10.9 Å². The number of anilines is 2. The van der Waals surface area contributed by atoms with Crippen LogP contribution in [0.1, 0.15) is 26.2 Å². The molecule has 14 heteroatoms. The van der Waals surface area contributed by atoms with Gasteiger partial charge in [0.15, 0.2) is 23.1 Å². The molecule has 0 radical (unpaired) electrons. The van der Waals surface area contributed by atoms with Crippen molar-refractivity contribution in [3.05, 3.63) is 78.5 Å². The van der Waals surface area contributed by atoms with Crippen molar-refractivity contribution in [3.63, 3.8) is 0 Å². The molecular weight excluding hydrogens is 688 g/mol. The largest absolute Gasteiger partial charge is 0.493 e. The molecule has 0 bridgehead atoms. The van der Waals surface area contributed by atoms with Crippen LogP contribution in [0.15, 0.2) is 66.9 Å². The van der Waals surface area contributed by atoms with Crippen molar-refractivity contribution in [3.8, 4) is 23.0 Å². The first kappa shape index (κ1) is 38.9. The van der Waals surface area contributed by atoms with Crippen LogP contribution in [0.5, 0.6) is 23.0 Å². The highest BCUT2D eigenvalue weighted by Crippen LogP contribution is 2.38. The van der Waals surface area contributed by atoms with E-state index in [1.807, 2.05) is 11.8 Å². The van der Waals surface area contributed by atoms with Crippen molar-refractivity contribution in [2.45, 2.75) is 32.2 Å². The number of halogens is 2. The van der Waals surface area contributed by atoms with Gasteiger partial charge in [-0.25, -0.2) is 8.78 Å². The number of nitrogens with one attached hydrogen (secondary N) is 2. The highest BCUT2D eigenvalue weighted by molar-refractivity contribution is 5.88. The first-order valence-corrected chi connectivity index (χ1v) is 17.4. The first-order valence-electron chi connectivity index (χ1n) is 17.4. The number of rotatable bonds is 12. The summed E-state index contributed by atoms with van der Waals surface area (Å²) in [6.07, 6.45) is 6.70. The third kappa shape index (κ3) is 10.4. The van der Waals surface area contributed by atoms with Crippen molar-refractivity contribution < 1.29 is 42.1 Å². The molecular formula is C39H45F2N5O7. The number of likely N-dealkylation sites (tertiary alicyclic amines) is 1. The minimum absolute atomic E-state index is 0.0663. The number of carbonyl (C=O) groups is 3. The van der Waals surface area contributed by atoms with Gasteiger partial charge >= 0.3 is 0 Å². The van der Waals surface area contributed by atoms with Gasteiger partial charge in [-0.15, -0.1) is 0 Å². The van der Waals surface area contributed by atoms with Gasteiger partial charge in [0.05, 0.1) is 25.3 Å². The summed E-state index contributed by atoms with van der Waals surface area (Å²) in [6.45, 7) is 6.32. The second-order valence-electron chi connectivity index (χ2n) is 13.1. The standard InChI is InChI=1S/C26H29FN4O5.C7H6FNO.C6H10O/c1-28-17-3-4-23(20(27)11-17)36-22-5-6-29-21-13-25(24(33-2)12-19(21)22)35-10-7-30-14-18(15-30)31-8-9-34-16-26(31)32;8-6-1-3-7(4-2-6)9-5-10;1-6(5-7)3-2-4-6/h3-6,11-13,18,28H,7-10,14-16H2,1-2H3;1-5H,(H,9,10);5H,2-4H2,1H3. The molecule has 2 amide bonds. The van der Waals surface area contributed by atoms with E-state index in [0.717, 1.165) is 38.8 Å². The van der Waals surface area contributed by atoms with Crippen LogP contribution < -0.4 is 24.8 Å². The molecule has 0 spiro atoms. The number of pyridine rings is 1. The smallest absolute Gasteiger partial charge is 0.248 e. The van der Waals surface area contributed by atoms with Gasteiger partial charge in [0.25, 0.3) is 0 Å². The molecule has 3 aliphatic rings. The second-order valence-corrected chi connectivity index (χ2v) is 13.1. The summed E-state index contributed by atoms with van der Waals surface area (Å²) >= 11 is 0. The van der Waals surface area contributed by atoms with Gasteiger partial charge in [-0.05, 0) is 61.4 Å². The number of hydrogen-bond acceptors (Lipinski definition) is 10. The maximum Gasteiger partial charge on any atom is 0.248 e. The zero-order valence-electron chi connectivity index (χ0n) is 30.1. The minimum Gasteiger partial charge on any atom is -0.493 e. The summed E-state index contributed by atoms with van der Waals surface area (Å²) in [5, 5.41) is 5.97. The highest BCUT2D eigenvalue weighted by atomic mass is 19.1. The second kappa shape index (κ2) is 18.4. The maximum absolute atomic E-state index is 14.5. The lowest BCUT2D eigenvalue weighted by atomic mass is 9.72. The van der Waals surface area contributed by atoms with Gasteiger partial charge < -0.3 is 39.3 Å². The number of morpholine rings is 1. The van der Waals surface area contributed by atoms with E-state index < -0.39 is 5.82 Å². The fourth-order valence-electron chi connectivity index (χ4n) is 5.94. The maximum atomic E-state index is 14.5. The van der Waals surface area contributed by atoms with Crippen molar-refractivity contribution in [2.24, 2.45) is 5.41 Å². The summed E-state index contributed by atoms with van der Waals surface area (Å²) in [5.74, 6) is 0.974. The summed E-state index contributed by atoms with van der Waals surface area (Å²) in [6, 6.07) is 15.8. The van der Waals surface area contributed by atoms with Gasteiger partial charge in [0.2, 0.25) is 12.3 Å². The molecule has 0 atom stereocenters. The third-order valence-electron chi connectivity index (χ3n) is 9.34. The Morgan fingerprint density at radius 1 is 0.981 bits per heavy atom. The van der Waals surface area contributed by atoms with Crippen molar-refractivity contribution in [1.82, 2.24) is 14.8 Å². The predicted octanol–water partition coefficient (Wildman–Crippen LogP) is 5.91. The van der Waals surface area contributed by atoms with E-state index >= 15 is 0 Å². The molecule has 7 rings (SSSR count). The number of ether oxygens (including phenoxy) is 4. The van der Waals surface area contributed by atoms with Gasteiger partial charge in [0.1, 0.15) is 31.1 Å². The fourth-order valence-corrected chi connectivity index (χ4v) is 5.94. The molecule has 282 valence electrons. The average molecular weight is 734 g/mol. The molecule has 1 aromatic heterocycles. The van der Waals surface area contributed by atoms with E-state index in [2.05, 4.69) is 20.5 Å². The third-order valence-corrected chi connectivity index (χ3v) is 9.34. The zero-order valence-corrected chi connectivity index (χ0v) is 30.1. The zero-order chi connectivity index (χ0) is 37.8. The monoisotopic (exact) mass is 733 g/mol. The van der Waals surface area contributed by atoms with Gasteiger partial charge in [-0.3, -0.25) is 19.5 Å². The molecule has 12 nitrogen and oxygen atoms in total. The SMILES string of the molecule is CC1(C=O)CCC1.CNc1ccc(Oc2ccnc3cc(OCCN4CC(N5CCOCC5=O)C4)c(OC)cc23)c(F)c1.O=CNc1ccc(F)cc1. The summed E-state index contributed by atoms with van der Waals surface area (Å²) < 4.78 is 49.4. The molecule has 4 aromatic rings. The highest BCUT2D eigenvalue weighted by Gasteiger charge is 2.35. The number of nitrogens with zero attached hydrogens (tertiary/aromatic N) is 3. The van der Waals surface area contributed by atoms with E-state index in [0.29, 0.717) is 65.7 Å². The molecule has 3 fully saturated rings. The quantitative estimate of drug-likeness (QED) is 0.170. The number of hydrogen-bond donors (Lipinski definition) is 2. The van der Waals surface area contributed by atoms with Crippen molar-refractivity contribution in [1.29, 1.82) is 0 Å². The van der Waals surface area contributed by atoms with E-state index in [-0.39, 0.29) is 35.5 Å². The number of aldehydes is 1. The summed E-state index contributed by atoms with van der Waals surface area (Å²) in [4.78, 5) is 40.5. The summed E-state index contributed by atoms with van der Waals surface area (Å²) in [7, 11) is 3.30. The Kier molecular flexibility index (Phi) is 13.5. The van der Waals surface area contributed by atoms with E-state index in [1.165, 1.54) is 36.8 Å². The van der Waals surface area contributed by atoms with Crippen LogP contribution in [0.2, 0.25) is 0 Å². The molecule has 53 heavy (non-hydrogen) atoms. The molecule has 2 N–H and O–H groups in total. The number of amides is 2. The first-order chi connectivity index (χ1) is 25.6. The number of aromatic nitrogens is 1. The molecule has 0 unspecified atom stereocenters. The normalized spacial score (nSPS) is 16.4. The van der Waals surface area contributed by atoms with Crippen molar-refractivity contribution >= 4 is 40.9 Å². The van der Waals surface area contributed by atoms with E-state index in [1.54, 1.807) is 50.7 Å². The molecule has 1 saturated carbocycles. The number of benzene rings is 3. The number of carbonyl (C=O) groups excluding carboxylic acids is 3. The molecule has 3 aromatic carbocycles. The Bertz CT molecular complexity index is 1850. The van der Waals surface area contributed by atoms with Crippen molar-refractivity contribution in [2.75, 3.05) is 70.8 Å². The predicted molar refractivity (Wildman–Crippen MR) is 197 cm³/mol. The molecule has 2 saturated heterocycles. The Morgan fingerprint density at radius 3 is 2.34 bits per heavy atom. The lowest BCUT2D eigenvalue weighted by Crippen LogP contribution is -2.63. The topological polar surface area (TPSA) is 132 Å². The number of fused-ring (bicyclic) bond motifs is 1. The minimum atomic E-state index is -0.468. The molecule has 3 heterocycles.